The zero-order chi connectivity index (χ0) is 6.85. The van der Waals surface area contributed by atoms with Crippen molar-refractivity contribution in [3.05, 3.63) is 12.2 Å². The first-order chi connectivity index (χ1) is 4.20. The van der Waals surface area contributed by atoms with Crippen molar-refractivity contribution in [2.75, 3.05) is 0 Å². The molecule has 0 aliphatic heterocycles. The summed E-state index contributed by atoms with van der Waals surface area (Å²) in [5.74, 6) is -0.272. The van der Waals surface area contributed by atoms with Gasteiger partial charge < -0.3 is 10.8 Å². The van der Waals surface area contributed by atoms with Crippen LogP contribution in [0.25, 0.3) is 0 Å². The lowest BCUT2D eigenvalue weighted by atomic mass is 10.0. The van der Waals surface area contributed by atoms with Crippen molar-refractivity contribution in [2.24, 2.45) is 0 Å². The number of carbonyl (C=O) groups excluding carboxylic acids is 1. The van der Waals surface area contributed by atoms with E-state index in [4.69, 9.17) is 10.8 Å². The van der Waals surface area contributed by atoms with E-state index in [1.54, 1.807) is 0 Å². The zero-order valence-electron chi connectivity index (χ0n) is 4.77. The van der Waals surface area contributed by atoms with Gasteiger partial charge in [0.15, 0.2) is 5.78 Å². The summed E-state index contributed by atoms with van der Waals surface area (Å²) in [5.41, 5.74) is 0.349. The van der Waals surface area contributed by atoms with Crippen molar-refractivity contribution in [3.8, 4) is 0 Å². The SMILES string of the molecule is N=C1C=CC(=O)C(=N)C1. The molecule has 0 amide bonds. The Morgan fingerprint density at radius 3 is 2.44 bits per heavy atom. The summed E-state index contributed by atoms with van der Waals surface area (Å²) in [6, 6.07) is 0. The molecule has 1 rings (SSSR count). The minimum Gasteiger partial charge on any atom is -0.305 e. The molecule has 0 atom stereocenters. The molecule has 0 aromatic rings. The molecule has 0 radical (unpaired) electrons. The number of carbonyl (C=O) groups is 1. The van der Waals surface area contributed by atoms with Gasteiger partial charge >= 0.3 is 0 Å². The Balaban J connectivity index is 2.89. The van der Waals surface area contributed by atoms with E-state index < -0.39 is 0 Å². The summed E-state index contributed by atoms with van der Waals surface area (Å²) in [5, 5.41) is 14.0. The first kappa shape index (κ1) is 5.88. The molecule has 46 valence electrons. The molecule has 0 spiro atoms. The molecule has 0 bridgehead atoms. The van der Waals surface area contributed by atoms with E-state index in [0.29, 0.717) is 5.71 Å². The Bertz CT molecular complexity index is 215. The predicted octanol–water partition coefficient (Wildman–Crippen LogP) is 0.555. The van der Waals surface area contributed by atoms with Gasteiger partial charge in [-0.2, -0.15) is 0 Å². The first-order valence-corrected chi connectivity index (χ1v) is 2.57. The van der Waals surface area contributed by atoms with Gasteiger partial charge in [-0.15, -0.1) is 0 Å². The summed E-state index contributed by atoms with van der Waals surface area (Å²) >= 11 is 0. The molecule has 0 unspecified atom stereocenters. The van der Waals surface area contributed by atoms with Gasteiger partial charge in [-0.1, -0.05) is 0 Å². The normalized spacial score (nSPS) is 18.9. The summed E-state index contributed by atoms with van der Waals surface area (Å²) in [7, 11) is 0. The van der Waals surface area contributed by atoms with Gasteiger partial charge in [0.1, 0.15) is 0 Å². The molecule has 3 nitrogen and oxygen atoms in total. The smallest absolute Gasteiger partial charge is 0.199 e. The molecule has 0 saturated heterocycles. The van der Waals surface area contributed by atoms with Crippen LogP contribution in [0.3, 0.4) is 0 Å². The minimum atomic E-state index is -0.272. The van der Waals surface area contributed by atoms with E-state index >= 15 is 0 Å². The van der Waals surface area contributed by atoms with E-state index in [9.17, 15) is 4.79 Å². The van der Waals surface area contributed by atoms with Gasteiger partial charge in [-0.25, -0.2) is 0 Å². The van der Waals surface area contributed by atoms with Crippen molar-refractivity contribution in [1.82, 2.24) is 0 Å². The average Bonchev–Trinajstić information content (AvgIpc) is 1.80. The second-order valence-corrected chi connectivity index (χ2v) is 1.88. The predicted molar refractivity (Wildman–Crippen MR) is 34.2 cm³/mol. The molecule has 1 aliphatic rings. The third-order valence-electron chi connectivity index (χ3n) is 1.10. The third kappa shape index (κ3) is 1.10. The highest BCUT2D eigenvalue weighted by Gasteiger charge is 2.11. The molecule has 0 aromatic carbocycles. The largest absolute Gasteiger partial charge is 0.305 e. The second-order valence-electron chi connectivity index (χ2n) is 1.88. The fourth-order valence-electron chi connectivity index (χ4n) is 0.613. The highest BCUT2D eigenvalue weighted by Crippen LogP contribution is 1.98. The number of hydrogen-bond donors (Lipinski definition) is 2. The van der Waals surface area contributed by atoms with Crippen LogP contribution >= 0.6 is 0 Å². The minimum absolute atomic E-state index is 0.0162. The van der Waals surface area contributed by atoms with Crippen LogP contribution in [-0.4, -0.2) is 17.2 Å². The quantitative estimate of drug-likeness (QED) is 0.484. The standard InChI is InChI=1S/C6H6N2O/c7-4-1-2-6(9)5(8)3-4/h1-2,7-8H,3H2. The van der Waals surface area contributed by atoms with Gasteiger partial charge in [0.2, 0.25) is 0 Å². The van der Waals surface area contributed by atoms with Crippen molar-refractivity contribution in [1.29, 1.82) is 10.8 Å². The number of rotatable bonds is 0. The van der Waals surface area contributed by atoms with Gasteiger partial charge in [0.05, 0.1) is 5.71 Å². The van der Waals surface area contributed by atoms with Crippen LogP contribution < -0.4 is 0 Å². The van der Waals surface area contributed by atoms with Gasteiger partial charge in [0.25, 0.3) is 0 Å². The van der Waals surface area contributed by atoms with Gasteiger partial charge in [0, 0.05) is 12.1 Å². The molecule has 0 aromatic heterocycles. The van der Waals surface area contributed by atoms with E-state index in [0.717, 1.165) is 0 Å². The molecule has 1 aliphatic carbocycles. The van der Waals surface area contributed by atoms with Crippen molar-refractivity contribution < 1.29 is 4.79 Å². The summed E-state index contributed by atoms with van der Waals surface area (Å²) in [6.45, 7) is 0. The number of ketones is 1. The Morgan fingerprint density at radius 2 is 2.00 bits per heavy atom. The summed E-state index contributed by atoms with van der Waals surface area (Å²) in [4.78, 5) is 10.5. The Hall–Kier alpha value is -1.25. The lowest BCUT2D eigenvalue weighted by Crippen LogP contribution is -2.18. The van der Waals surface area contributed by atoms with Gasteiger partial charge in [-0.3, -0.25) is 4.79 Å². The summed E-state index contributed by atoms with van der Waals surface area (Å²) < 4.78 is 0. The maximum absolute atomic E-state index is 10.5. The molecular weight excluding hydrogens is 116 g/mol. The molecule has 9 heavy (non-hydrogen) atoms. The van der Waals surface area contributed by atoms with Gasteiger partial charge in [-0.05, 0) is 12.2 Å². The molecule has 3 heteroatoms. The third-order valence-corrected chi connectivity index (χ3v) is 1.10. The molecule has 0 fully saturated rings. The number of hydrogen-bond acceptors (Lipinski definition) is 3. The average molecular weight is 122 g/mol. The monoisotopic (exact) mass is 122 g/mol. The Kier molecular flexibility index (Phi) is 1.26. The van der Waals surface area contributed by atoms with E-state index in [1.165, 1.54) is 12.2 Å². The Morgan fingerprint density at radius 1 is 1.33 bits per heavy atom. The zero-order valence-corrected chi connectivity index (χ0v) is 4.77. The molecular formula is C6H6N2O. The van der Waals surface area contributed by atoms with Crippen LogP contribution in [0.4, 0.5) is 0 Å². The Labute approximate surface area is 52.4 Å². The van der Waals surface area contributed by atoms with Crippen molar-refractivity contribution in [2.45, 2.75) is 6.42 Å². The number of nitrogens with one attached hydrogen (secondary N) is 2. The van der Waals surface area contributed by atoms with Crippen LogP contribution in [-0.2, 0) is 4.79 Å². The topological polar surface area (TPSA) is 64.8 Å². The van der Waals surface area contributed by atoms with E-state index in [1.807, 2.05) is 0 Å². The number of allylic oxidation sites excluding steroid dienone is 2. The lowest BCUT2D eigenvalue weighted by molar-refractivity contribution is -0.109. The van der Waals surface area contributed by atoms with Crippen LogP contribution in [0.15, 0.2) is 12.2 Å². The highest BCUT2D eigenvalue weighted by atomic mass is 16.1. The maximum atomic E-state index is 10.5. The molecule has 2 N–H and O–H groups in total. The lowest BCUT2D eigenvalue weighted by Gasteiger charge is -2.02. The van der Waals surface area contributed by atoms with Crippen LogP contribution in [0.1, 0.15) is 6.42 Å². The fraction of sp³-hybridized carbons (Fsp3) is 0.167. The maximum Gasteiger partial charge on any atom is 0.199 e. The first-order valence-electron chi connectivity index (χ1n) is 2.57. The van der Waals surface area contributed by atoms with Crippen LogP contribution in [0, 0.1) is 10.8 Å². The highest BCUT2D eigenvalue weighted by molar-refractivity contribution is 6.48. The van der Waals surface area contributed by atoms with E-state index in [-0.39, 0.29) is 17.9 Å². The van der Waals surface area contributed by atoms with Crippen LogP contribution in [0.5, 0.6) is 0 Å². The fourth-order valence-corrected chi connectivity index (χ4v) is 0.613. The van der Waals surface area contributed by atoms with E-state index in [2.05, 4.69) is 0 Å². The molecule has 0 saturated carbocycles. The van der Waals surface area contributed by atoms with Crippen molar-refractivity contribution >= 4 is 17.2 Å². The molecule has 0 heterocycles. The van der Waals surface area contributed by atoms with Crippen molar-refractivity contribution in [3.63, 3.8) is 0 Å². The van der Waals surface area contributed by atoms with Crippen LogP contribution in [0.2, 0.25) is 0 Å². The summed E-state index contributed by atoms with van der Waals surface area (Å²) in [6.07, 6.45) is 2.88. The second kappa shape index (κ2) is 1.93.